The van der Waals surface area contributed by atoms with Crippen LogP contribution in [0.3, 0.4) is 0 Å². The monoisotopic (exact) mass is 525 g/mol. The van der Waals surface area contributed by atoms with Crippen molar-refractivity contribution in [3.05, 3.63) is 48.0 Å². The first-order chi connectivity index (χ1) is 18.2. The summed E-state index contributed by atoms with van der Waals surface area (Å²) in [6.07, 6.45) is 0. The Bertz CT molecular complexity index is 1060. The number of methoxy groups -OCH3 is 1. The minimum absolute atomic E-state index is 0.0542. The van der Waals surface area contributed by atoms with Crippen LogP contribution < -0.4 is 25.0 Å². The van der Waals surface area contributed by atoms with Crippen molar-refractivity contribution in [2.45, 2.75) is 53.2 Å². The largest absolute Gasteiger partial charge is 0.493 e. The van der Waals surface area contributed by atoms with E-state index < -0.39 is 0 Å². The Morgan fingerprint density at radius 3 is 2.29 bits per heavy atom. The van der Waals surface area contributed by atoms with Crippen LogP contribution in [0.2, 0.25) is 0 Å². The van der Waals surface area contributed by atoms with Gasteiger partial charge in [0.25, 0.3) is 0 Å². The first kappa shape index (κ1) is 29.1. The van der Waals surface area contributed by atoms with Crippen molar-refractivity contribution in [2.75, 3.05) is 56.7 Å². The highest BCUT2D eigenvalue weighted by Gasteiger charge is 2.23. The molecule has 3 amide bonds. The third kappa shape index (κ3) is 8.02. The summed E-state index contributed by atoms with van der Waals surface area (Å²) in [4.78, 5) is 30.9. The van der Waals surface area contributed by atoms with Gasteiger partial charge in [-0.3, -0.25) is 9.69 Å². The second kappa shape index (κ2) is 13.9. The van der Waals surface area contributed by atoms with Crippen LogP contribution in [0.15, 0.2) is 42.5 Å². The average Bonchev–Trinajstić information content (AvgIpc) is 2.90. The van der Waals surface area contributed by atoms with Gasteiger partial charge in [0.15, 0.2) is 11.5 Å². The van der Waals surface area contributed by atoms with Crippen LogP contribution in [-0.4, -0.2) is 80.3 Å². The predicted molar refractivity (Wildman–Crippen MR) is 152 cm³/mol. The summed E-state index contributed by atoms with van der Waals surface area (Å²) in [5.41, 5.74) is 2.82. The molecule has 2 aromatic rings. The van der Waals surface area contributed by atoms with E-state index in [1.807, 2.05) is 41.3 Å². The van der Waals surface area contributed by atoms with Crippen LogP contribution in [0, 0.1) is 0 Å². The number of ether oxygens (including phenoxy) is 2. The molecule has 0 atom stereocenters. The lowest BCUT2D eigenvalue weighted by molar-refractivity contribution is -0.119. The van der Waals surface area contributed by atoms with Gasteiger partial charge in [-0.2, -0.15) is 0 Å². The van der Waals surface area contributed by atoms with Gasteiger partial charge >= 0.3 is 6.03 Å². The zero-order chi connectivity index (χ0) is 27.7. The quantitative estimate of drug-likeness (QED) is 0.458. The maximum Gasteiger partial charge on any atom is 0.321 e. The van der Waals surface area contributed by atoms with Crippen LogP contribution in [0.25, 0.3) is 0 Å². The Hall–Kier alpha value is -3.46. The molecule has 38 heavy (non-hydrogen) atoms. The molecule has 0 aromatic heterocycles. The van der Waals surface area contributed by atoms with E-state index >= 15 is 0 Å². The molecule has 1 aliphatic heterocycles. The van der Waals surface area contributed by atoms with Crippen LogP contribution in [0.1, 0.15) is 40.2 Å². The Balaban J connectivity index is 1.57. The van der Waals surface area contributed by atoms with Gasteiger partial charge in [0.2, 0.25) is 5.91 Å². The fraction of sp³-hybridized carbons (Fsp3) is 0.517. The molecule has 0 saturated carbocycles. The standard InChI is InChI=1S/C29H43N5O4/c1-21(2)34(22(3)4)17-18-38-28-19-25(11-12-27(28)37-6)31-29(36)33-15-13-32(14-16-33)26-10-8-7-9-24(26)20-30-23(5)35/h7-12,19,21-22H,13-18,20H2,1-6H3,(H,30,35)(H,31,36). The zero-order valence-electron chi connectivity index (χ0n) is 23.6. The Morgan fingerprint density at radius 2 is 1.66 bits per heavy atom. The molecule has 0 unspecified atom stereocenters. The fourth-order valence-electron chi connectivity index (χ4n) is 4.78. The van der Waals surface area contributed by atoms with Gasteiger partial charge in [-0.1, -0.05) is 18.2 Å². The minimum Gasteiger partial charge on any atom is -0.493 e. The highest BCUT2D eigenvalue weighted by atomic mass is 16.5. The van der Waals surface area contributed by atoms with Crippen molar-refractivity contribution in [1.82, 2.24) is 15.1 Å². The van der Waals surface area contributed by atoms with Crippen LogP contribution in [-0.2, 0) is 11.3 Å². The van der Waals surface area contributed by atoms with Gasteiger partial charge < -0.3 is 29.9 Å². The number of anilines is 2. The molecule has 1 fully saturated rings. The minimum atomic E-state index is -0.141. The highest BCUT2D eigenvalue weighted by Crippen LogP contribution is 2.30. The van der Waals surface area contributed by atoms with E-state index in [2.05, 4.69) is 54.2 Å². The number of urea groups is 1. The summed E-state index contributed by atoms with van der Waals surface area (Å²) in [6.45, 7) is 14.7. The molecule has 3 rings (SSSR count). The van der Waals surface area contributed by atoms with Crippen molar-refractivity contribution in [1.29, 1.82) is 0 Å². The number of carbonyl (C=O) groups excluding carboxylic acids is 2. The number of rotatable bonds is 11. The fourth-order valence-corrected chi connectivity index (χ4v) is 4.78. The molecule has 0 aliphatic carbocycles. The Labute approximate surface area is 227 Å². The van der Waals surface area contributed by atoms with Gasteiger partial charge in [-0.05, 0) is 51.5 Å². The van der Waals surface area contributed by atoms with E-state index in [0.29, 0.717) is 68.6 Å². The number of amides is 3. The lowest BCUT2D eigenvalue weighted by Crippen LogP contribution is -2.50. The van der Waals surface area contributed by atoms with Gasteiger partial charge in [-0.15, -0.1) is 0 Å². The summed E-state index contributed by atoms with van der Waals surface area (Å²) in [5, 5.41) is 5.89. The molecule has 0 radical (unpaired) electrons. The van der Waals surface area contributed by atoms with E-state index in [1.165, 1.54) is 6.92 Å². The van der Waals surface area contributed by atoms with Crippen LogP contribution in [0.4, 0.5) is 16.2 Å². The number of carbonyl (C=O) groups is 2. The summed E-state index contributed by atoms with van der Waals surface area (Å²) >= 11 is 0. The molecule has 1 saturated heterocycles. The lowest BCUT2D eigenvalue weighted by Gasteiger charge is -2.37. The van der Waals surface area contributed by atoms with Crippen LogP contribution >= 0.6 is 0 Å². The number of benzene rings is 2. The number of para-hydroxylation sites is 1. The Morgan fingerprint density at radius 1 is 0.974 bits per heavy atom. The first-order valence-corrected chi connectivity index (χ1v) is 13.4. The molecule has 0 bridgehead atoms. The second-order valence-corrected chi connectivity index (χ2v) is 10.1. The van der Waals surface area contributed by atoms with E-state index in [9.17, 15) is 9.59 Å². The molecule has 208 valence electrons. The van der Waals surface area contributed by atoms with Crippen molar-refractivity contribution in [2.24, 2.45) is 0 Å². The third-order valence-electron chi connectivity index (χ3n) is 6.78. The van der Waals surface area contributed by atoms with Gasteiger partial charge in [-0.25, -0.2) is 4.79 Å². The molecule has 1 aliphatic rings. The van der Waals surface area contributed by atoms with E-state index in [4.69, 9.17) is 9.47 Å². The molecule has 1 heterocycles. The van der Waals surface area contributed by atoms with Gasteiger partial charge in [0.1, 0.15) is 6.61 Å². The summed E-state index contributed by atoms with van der Waals surface area (Å²) < 4.78 is 11.5. The molecular formula is C29H43N5O4. The van der Waals surface area contributed by atoms with Crippen molar-refractivity contribution in [3.63, 3.8) is 0 Å². The topological polar surface area (TPSA) is 86.4 Å². The predicted octanol–water partition coefficient (Wildman–Crippen LogP) is 4.18. The number of hydrogen-bond donors (Lipinski definition) is 2. The molecule has 2 aromatic carbocycles. The number of hydrogen-bond acceptors (Lipinski definition) is 6. The van der Waals surface area contributed by atoms with Crippen molar-refractivity contribution in [3.8, 4) is 11.5 Å². The van der Waals surface area contributed by atoms with E-state index in [0.717, 1.165) is 17.8 Å². The molecule has 9 heteroatoms. The number of nitrogens with one attached hydrogen (secondary N) is 2. The van der Waals surface area contributed by atoms with E-state index in [1.54, 1.807) is 7.11 Å². The highest BCUT2D eigenvalue weighted by molar-refractivity contribution is 5.90. The van der Waals surface area contributed by atoms with Crippen molar-refractivity contribution < 1.29 is 19.1 Å². The normalized spacial score (nSPS) is 13.7. The zero-order valence-corrected chi connectivity index (χ0v) is 23.6. The van der Waals surface area contributed by atoms with Crippen molar-refractivity contribution >= 4 is 23.3 Å². The number of nitrogens with zero attached hydrogens (tertiary/aromatic N) is 3. The smallest absolute Gasteiger partial charge is 0.321 e. The molecule has 9 nitrogen and oxygen atoms in total. The van der Waals surface area contributed by atoms with Gasteiger partial charge in [0, 0.05) is 75.7 Å². The molecule has 2 N–H and O–H groups in total. The van der Waals surface area contributed by atoms with E-state index in [-0.39, 0.29) is 11.9 Å². The Kier molecular flexibility index (Phi) is 10.6. The number of piperazine rings is 1. The maximum atomic E-state index is 13.0. The maximum absolute atomic E-state index is 13.0. The summed E-state index contributed by atoms with van der Waals surface area (Å²) in [5.74, 6) is 1.19. The average molecular weight is 526 g/mol. The third-order valence-corrected chi connectivity index (χ3v) is 6.78. The summed E-state index contributed by atoms with van der Waals surface area (Å²) in [7, 11) is 1.61. The SMILES string of the molecule is COc1ccc(NC(=O)N2CCN(c3ccccc3CNC(C)=O)CC2)cc1OCCN(C(C)C)C(C)C. The lowest BCUT2D eigenvalue weighted by atomic mass is 10.1. The first-order valence-electron chi connectivity index (χ1n) is 13.4. The van der Waals surface area contributed by atoms with Gasteiger partial charge in [0.05, 0.1) is 7.11 Å². The van der Waals surface area contributed by atoms with Crippen LogP contribution in [0.5, 0.6) is 11.5 Å². The molecular weight excluding hydrogens is 482 g/mol. The second-order valence-electron chi connectivity index (χ2n) is 10.1. The summed E-state index contributed by atoms with van der Waals surface area (Å²) in [6, 6.07) is 14.2. The molecule has 0 spiro atoms.